The zero-order valence-corrected chi connectivity index (χ0v) is 15.7. The number of fused-ring (bicyclic) bond motifs is 2. The van der Waals surface area contributed by atoms with Gasteiger partial charge in [0.25, 0.3) is 5.91 Å². The number of anilines is 1. The van der Waals surface area contributed by atoms with Gasteiger partial charge in [0, 0.05) is 11.1 Å². The van der Waals surface area contributed by atoms with Crippen molar-refractivity contribution >= 4 is 28.6 Å². The molecule has 1 amide bonds. The summed E-state index contributed by atoms with van der Waals surface area (Å²) in [6.07, 6.45) is 6.41. The number of aryl methyl sites for hydroxylation is 1. The van der Waals surface area contributed by atoms with Gasteiger partial charge in [-0.15, -0.1) is 0 Å². The van der Waals surface area contributed by atoms with Gasteiger partial charge in [-0.05, 0) is 72.0 Å². The molecular formula is C23H17FN4O. The summed E-state index contributed by atoms with van der Waals surface area (Å²) >= 11 is 0. The molecule has 0 atom stereocenters. The fourth-order valence-corrected chi connectivity index (χ4v) is 3.75. The average molecular weight is 384 g/mol. The van der Waals surface area contributed by atoms with Crippen LogP contribution in [0.25, 0.3) is 28.1 Å². The number of aromatic nitrogens is 3. The molecule has 0 saturated carbocycles. The molecule has 1 aliphatic rings. The predicted molar refractivity (Wildman–Crippen MR) is 111 cm³/mol. The Hall–Kier alpha value is -3.80. The number of nitrogens with one attached hydrogen (secondary N) is 2. The molecule has 0 radical (unpaired) electrons. The second kappa shape index (κ2) is 6.67. The number of rotatable bonds is 3. The Morgan fingerprint density at radius 1 is 1.21 bits per heavy atom. The van der Waals surface area contributed by atoms with Crippen molar-refractivity contribution in [1.29, 1.82) is 0 Å². The molecule has 6 heteroatoms. The van der Waals surface area contributed by atoms with E-state index in [2.05, 4.69) is 20.5 Å². The quantitative estimate of drug-likeness (QED) is 0.528. The molecule has 2 aromatic heterocycles. The fourth-order valence-electron chi connectivity index (χ4n) is 3.75. The van der Waals surface area contributed by atoms with Crippen LogP contribution in [0.4, 0.5) is 10.1 Å². The Balaban J connectivity index is 1.62. The largest absolute Gasteiger partial charge is 0.320 e. The third kappa shape index (κ3) is 3.08. The van der Waals surface area contributed by atoms with Gasteiger partial charge in [-0.25, -0.2) is 9.37 Å². The van der Waals surface area contributed by atoms with E-state index in [0.717, 1.165) is 45.3 Å². The number of carbonyl (C=O) groups is 1. The maximum atomic E-state index is 14.2. The van der Waals surface area contributed by atoms with Gasteiger partial charge in [0.2, 0.25) is 0 Å². The number of carbonyl (C=O) groups excluding carboxylic acids is 1. The van der Waals surface area contributed by atoms with Crippen LogP contribution < -0.4 is 5.32 Å². The van der Waals surface area contributed by atoms with E-state index in [1.165, 1.54) is 6.07 Å². The number of amides is 1. The fraction of sp³-hybridized carbons (Fsp3) is 0.0870. The maximum absolute atomic E-state index is 14.2. The summed E-state index contributed by atoms with van der Waals surface area (Å²) in [5.41, 5.74) is 6.01. The first-order valence-corrected chi connectivity index (χ1v) is 9.30. The van der Waals surface area contributed by atoms with Crippen molar-refractivity contribution in [3.05, 3.63) is 83.1 Å². The van der Waals surface area contributed by atoms with Crippen molar-refractivity contribution in [3.8, 4) is 11.1 Å². The molecule has 0 unspecified atom stereocenters. The van der Waals surface area contributed by atoms with E-state index in [1.807, 2.05) is 37.3 Å². The lowest BCUT2D eigenvalue weighted by molar-refractivity contribution is 0.102. The Labute approximate surface area is 166 Å². The summed E-state index contributed by atoms with van der Waals surface area (Å²) < 4.78 is 14.2. The monoisotopic (exact) mass is 384 g/mol. The van der Waals surface area contributed by atoms with E-state index in [-0.39, 0.29) is 11.7 Å². The number of aromatic amines is 1. The van der Waals surface area contributed by atoms with Gasteiger partial charge in [0.1, 0.15) is 11.5 Å². The molecule has 29 heavy (non-hydrogen) atoms. The van der Waals surface area contributed by atoms with Crippen molar-refractivity contribution in [1.82, 2.24) is 15.2 Å². The smallest absolute Gasteiger partial charge is 0.274 e. The Kier molecular flexibility index (Phi) is 3.98. The molecule has 5 rings (SSSR count). The van der Waals surface area contributed by atoms with Crippen LogP contribution in [0.3, 0.4) is 0 Å². The summed E-state index contributed by atoms with van der Waals surface area (Å²) in [5.74, 6) is -0.584. The van der Waals surface area contributed by atoms with E-state index in [1.54, 1.807) is 24.4 Å². The number of benzene rings is 2. The minimum atomic E-state index is -0.308. The molecule has 2 N–H and O–H groups in total. The predicted octanol–water partition coefficient (Wildman–Crippen LogP) is 4.89. The van der Waals surface area contributed by atoms with E-state index in [0.29, 0.717) is 11.4 Å². The van der Waals surface area contributed by atoms with Gasteiger partial charge in [-0.3, -0.25) is 9.89 Å². The van der Waals surface area contributed by atoms with Crippen LogP contribution >= 0.6 is 0 Å². The zero-order chi connectivity index (χ0) is 20.0. The molecule has 0 saturated heterocycles. The van der Waals surface area contributed by atoms with Gasteiger partial charge in [-0.2, -0.15) is 5.10 Å². The molecule has 5 nitrogen and oxygen atoms in total. The van der Waals surface area contributed by atoms with Gasteiger partial charge < -0.3 is 5.32 Å². The highest BCUT2D eigenvalue weighted by molar-refractivity contribution is 6.09. The van der Waals surface area contributed by atoms with Crippen LogP contribution in [0.5, 0.6) is 0 Å². The minimum Gasteiger partial charge on any atom is -0.320 e. The summed E-state index contributed by atoms with van der Waals surface area (Å²) in [4.78, 5) is 17.0. The number of nitrogens with zero attached hydrogens (tertiary/aromatic N) is 2. The van der Waals surface area contributed by atoms with Gasteiger partial charge in [0.15, 0.2) is 0 Å². The number of halogens is 1. The van der Waals surface area contributed by atoms with Crippen molar-refractivity contribution in [2.45, 2.75) is 13.3 Å². The number of pyridine rings is 1. The standard InChI is InChI=1S/C23H17FN4O/c1-13-4-2-7-20(26-13)23(29)27-21-9-15(10-22-19(21)12-25-28-22)18-11-16(24)8-14-5-3-6-17(14)18/h2-4,6-12H,5H2,1H3,(H,25,28)(H,27,29). The molecule has 4 aromatic rings. The molecule has 0 fully saturated rings. The van der Waals surface area contributed by atoms with Crippen molar-refractivity contribution < 1.29 is 9.18 Å². The lowest BCUT2D eigenvalue weighted by atomic mass is 9.95. The highest BCUT2D eigenvalue weighted by Crippen LogP contribution is 2.36. The van der Waals surface area contributed by atoms with Gasteiger partial charge in [-0.1, -0.05) is 18.2 Å². The third-order valence-corrected chi connectivity index (χ3v) is 5.09. The van der Waals surface area contributed by atoms with Crippen LogP contribution in [0.1, 0.15) is 27.3 Å². The molecule has 0 bridgehead atoms. The summed E-state index contributed by atoms with van der Waals surface area (Å²) in [7, 11) is 0. The Morgan fingerprint density at radius 2 is 2.10 bits per heavy atom. The second-order valence-electron chi connectivity index (χ2n) is 7.11. The summed E-state index contributed by atoms with van der Waals surface area (Å²) in [5, 5.41) is 10.8. The zero-order valence-electron chi connectivity index (χ0n) is 15.7. The molecular weight excluding hydrogens is 367 g/mol. The van der Waals surface area contributed by atoms with E-state index < -0.39 is 0 Å². The first kappa shape index (κ1) is 17.3. The Morgan fingerprint density at radius 3 is 2.97 bits per heavy atom. The number of H-pyrrole nitrogens is 1. The minimum absolute atomic E-state index is 0.276. The maximum Gasteiger partial charge on any atom is 0.274 e. The molecule has 142 valence electrons. The second-order valence-corrected chi connectivity index (χ2v) is 7.11. The summed E-state index contributed by atoms with van der Waals surface area (Å²) in [6, 6.07) is 12.2. The molecule has 0 aliphatic heterocycles. The van der Waals surface area contributed by atoms with Crippen molar-refractivity contribution in [2.24, 2.45) is 0 Å². The average Bonchev–Trinajstić information content (AvgIpc) is 3.36. The first-order chi connectivity index (χ1) is 14.1. The first-order valence-electron chi connectivity index (χ1n) is 9.30. The van der Waals surface area contributed by atoms with Crippen molar-refractivity contribution in [2.75, 3.05) is 5.32 Å². The normalized spacial score (nSPS) is 12.3. The molecule has 2 aromatic carbocycles. The highest BCUT2D eigenvalue weighted by atomic mass is 19.1. The summed E-state index contributed by atoms with van der Waals surface area (Å²) in [6.45, 7) is 1.84. The lowest BCUT2D eigenvalue weighted by Crippen LogP contribution is -2.14. The number of hydrogen-bond donors (Lipinski definition) is 2. The third-order valence-electron chi connectivity index (χ3n) is 5.09. The van der Waals surface area contributed by atoms with Crippen LogP contribution in [0.2, 0.25) is 0 Å². The molecule has 1 aliphatic carbocycles. The lowest BCUT2D eigenvalue weighted by Gasteiger charge is -2.12. The van der Waals surface area contributed by atoms with Crippen LogP contribution in [0.15, 0.2) is 54.7 Å². The van der Waals surface area contributed by atoms with Crippen LogP contribution in [-0.4, -0.2) is 21.1 Å². The molecule has 2 heterocycles. The van der Waals surface area contributed by atoms with Gasteiger partial charge in [0.05, 0.1) is 17.4 Å². The topological polar surface area (TPSA) is 70.7 Å². The van der Waals surface area contributed by atoms with Crippen molar-refractivity contribution in [3.63, 3.8) is 0 Å². The van der Waals surface area contributed by atoms with Crippen LogP contribution in [0, 0.1) is 12.7 Å². The number of allylic oxidation sites excluding steroid dienone is 1. The number of hydrogen-bond acceptors (Lipinski definition) is 3. The van der Waals surface area contributed by atoms with Gasteiger partial charge >= 0.3 is 0 Å². The molecule has 0 spiro atoms. The van der Waals surface area contributed by atoms with E-state index in [9.17, 15) is 9.18 Å². The highest BCUT2D eigenvalue weighted by Gasteiger charge is 2.17. The van der Waals surface area contributed by atoms with E-state index >= 15 is 0 Å². The van der Waals surface area contributed by atoms with Crippen LogP contribution in [-0.2, 0) is 6.42 Å². The van der Waals surface area contributed by atoms with E-state index in [4.69, 9.17) is 0 Å². The Bertz CT molecular complexity index is 1310. The SMILES string of the molecule is Cc1cccc(C(=O)Nc2cc(-c3cc(F)cc4c3C=CC4)cc3[nH]ncc23)n1.